The van der Waals surface area contributed by atoms with Crippen LogP contribution in [0.25, 0.3) is 0 Å². The maximum atomic E-state index is 13.1. The van der Waals surface area contributed by atoms with Gasteiger partial charge in [0.1, 0.15) is 18.4 Å². The summed E-state index contributed by atoms with van der Waals surface area (Å²) in [6, 6.07) is 4.29. The summed E-state index contributed by atoms with van der Waals surface area (Å²) < 4.78 is 18.6. The molecule has 124 valence electrons. The number of urea groups is 1. The minimum absolute atomic E-state index is 0.0561. The van der Waals surface area contributed by atoms with E-state index in [9.17, 15) is 14.0 Å². The van der Waals surface area contributed by atoms with Crippen molar-refractivity contribution in [2.75, 3.05) is 4.90 Å². The third-order valence-electron chi connectivity index (χ3n) is 4.25. The normalized spacial score (nSPS) is 21.0. The topological polar surface area (TPSA) is 79.5 Å². The fourth-order valence-corrected chi connectivity index (χ4v) is 2.77. The van der Waals surface area contributed by atoms with Crippen molar-refractivity contribution in [2.24, 2.45) is 0 Å². The van der Waals surface area contributed by atoms with E-state index in [2.05, 4.69) is 10.2 Å². The lowest BCUT2D eigenvalue weighted by Gasteiger charge is -2.19. The molecule has 3 amide bonds. The summed E-state index contributed by atoms with van der Waals surface area (Å²) >= 11 is 0. The number of carbonyl (C=O) groups is 2. The number of rotatable bonds is 4. The van der Waals surface area contributed by atoms with Gasteiger partial charge in [0, 0.05) is 11.6 Å². The lowest BCUT2D eigenvalue weighted by atomic mass is 10.2. The first-order chi connectivity index (χ1) is 11.5. The Morgan fingerprint density at radius 3 is 2.58 bits per heavy atom. The van der Waals surface area contributed by atoms with Crippen LogP contribution in [0.3, 0.4) is 0 Å². The van der Waals surface area contributed by atoms with Crippen LogP contribution in [-0.4, -0.2) is 33.1 Å². The Kier molecular flexibility index (Phi) is 3.33. The second-order valence-corrected chi connectivity index (χ2v) is 6.04. The van der Waals surface area contributed by atoms with Crippen LogP contribution in [0, 0.1) is 5.82 Å². The molecule has 0 bridgehead atoms. The molecule has 8 heteroatoms. The summed E-state index contributed by atoms with van der Waals surface area (Å²) in [6.45, 7) is 1.58. The molecule has 2 aromatic rings. The molecule has 1 aliphatic heterocycles. The maximum Gasteiger partial charge on any atom is 0.332 e. The molecule has 4 rings (SSSR count). The van der Waals surface area contributed by atoms with E-state index in [0.717, 1.165) is 17.7 Å². The monoisotopic (exact) mass is 330 g/mol. The Labute approximate surface area is 137 Å². The Bertz CT molecular complexity index is 800. The van der Waals surface area contributed by atoms with E-state index >= 15 is 0 Å². The van der Waals surface area contributed by atoms with E-state index in [1.54, 1.807) is 6.92 Å². The molecular formula is C16H15FN4O3. The zero-order chi connectivity index (χ0) is 16.8. The van der Waals surface area contributed by atoms with Gasteiger partial charge in [-0.1, -0.05) is 0 Å². The van der Waals surface area contributed by atoms with Crippen molar-refractivity contribution < 1.29 is 18.4 Å². The van der Waals surface area contributed by atoms with E-state index in [1.807, 2.05) is 0 Å². The lowest BCUT2D eigenvalue weighted by Crippen LogP contribution is -2.33. The number of hydrogen-bond acceptors (Lipinski definition) is 5. The molecule has 0 N–H and O–H groups in total. The SMILES string of the molecule is C[C@H]1C(=O)N(Cc2nnc(C3CC3)o2)C(=O)N1c1ccc(F)cc1. The minimum Gasteiger partial charge on any atom is -0.423 e. The smallest absolute Gasteiger partial charge is 0.332 e. The first-order valence-corrected chi connectivity index (χ1v) is 7.77. The number of hydrogen-bond donors (Lipinski definition) is 0. The molecule has 2 aliphatic rings. The van der Waals surface area contributed by atoms with E-state index in [1.165, 1.54) is 29.2 Å². The van der Waals surface area contributed by atoms with E-state index < -0.39 is 17.9 Å². The molecule has 1 saturated heterocycles. The molecule has 0 unspecified atom stereocenters. The van der Waals surface area contributed by atoms with Gasteiger partial charge >= 0.3 is 6.03 Å². The van der Waals surface area contributed by atoms with Gasteiger partial charge in [-0.2, -0.15) is 0 Å². The second kappa shape index (κ2) is 5.40. The Morgan fingerprint density at radius 2 is 1.92 bits per heavy atom. The van der Waals surface area contributed by atoms with Crippen LogP contribution in [0.5, 0.6) is 0 Å². The van der Waals surface area contributed by atoms with Crippen molar-refractivity contribution >= 4 is 17.6 Å². The van der Waals surface area contributed by atoms with Crippen molar-refractivity contribution in [3.8, 4) is 0 Å². The standard InChI is InChI=1S/C16H15FN4O3/c1-9-15(22)20(8-13-18-19-14(24-13)10-2-3-10)16(23)21(9)12-6-4-11(17)5-7-12/h4-7,9-10H,2-3,8H2,1H3/t9-/m0/s1. The van der Waals surface area contributed by atoms with Gasteiger partial charge < -0.3 is 4.42 Å². The van der Waals surface area contributed by atoms with Gasteiger partial charge in [-0.15, -0.1) is 10.2 Å². The fourth-order valence-electron chi connectivity index (χ4n) is 2.77. The first-order valence-electron chi connectivity index (χ1n) is 7.77. The number of benzene rings is 1. The average molecular weight is 330 g/mol. The number of anilines is 1. The average Bonchev–Trinajstić information content (AvgIpc) is 3.28. The van der Waals surface area contributed by atoms with E-state index in [4.69, 9.17) is 4.42 Å². The molecule has 1 atom stereocenters. The van der Waals surface area contributed by atoms with Gasteiger partial charge in [0.25, 0.3) is 5.91 Å². The summed E-state index contributed by atoms with van der Waals surface area (Å²) in [5, 5.41) is 7.87. The lowest BCUT2D eigenvalue weighted by molar-refractivity contribution is -0.127. The predicted molar refractivity (Wildman–Crippen MR) is 80.6 cm³/mol. The predicted octanol–water partition coefficient (Wildman–Crippen LogP) is 2.44. The van der Waals surface area contributed by atoms with Crippen LogP contribution in [0.2, 0.25) is 0 Å². The summed E-state index contributed by atoms with van der Waals surface area (Å²) in [7, 11) is 0. The van der Waals surface area contributed by atoms with E-state index in [-0.39, 0.29) is 18.3 Å². The number of imide groups is 1. The third kappa shape index (κ3) is 2.44. The summed E-state index contributed by atoms with van der Waals surface area (Å²) in [4.78, 5) is 27.5. The highest BCUT2D eigenvalue weighted by Crippen LogP contribution is 2.39. The first kappa shape index (κ1) is 14.8. The summed E-state index contributed by atoms with van der Waals surface area (Å²) in [5.74, 6) is 0.361. The molecule has 0 spiro atoms. The van der Waals surface area contributed by atoms with Crippen molar-refractivity contribution in [1.82, 2.24) is 15.1 Å². The molecule has 2 heterocycles. The van der Waals surface area contributed by atoms with Crippen LogP contribution in [0.4, 0.5) is 14.9 Å². The fraction of sp³-hybridized carbons (Fsp3) is 0.375. The summed E-state index contributed by atoms with van der Waals surface area (Å²) in [5.41, 5.74) is 0.467. The van der Waals surface area contributed by atoms with Crippen molar-refractivity contribution in [2.45, 2.75) is 38.3 Å². The molecule has 24 heavy (non-hydrogen) atoms. The number of nitrogens with zero attached hydrogens (tertiary/aromatic N) is 4. The number of halogens is 1. The van der Waals surface area contributed by atoms with Crippen molar-refractivity contribution in [3.63, 3.8) is 0 Å². The third-order valence-corrected chi connectivity index (χ3v) is 4.25. The van der Waals surface area contributed by atoms with Gasteiger partial charge in [-0.05, 0) is 44.0 Å². The summed E-state index contributed by atoms with van der Waals surface area (Å²) in [6.07, 6.45) is 2.05. The molecule has 1 aromatic heterocycles. The minimum atomic E-state index is -0.672. The van der Waals surface area contributed by atoms with E-state index in [0.29, 0.717) is 17.5 Å². The Balaban J connectivity index is 1.56. The highest BCUT2D eigenvalue weighted by molar-refractivity contribution is 6.13. The number of amides is 3. The second-order valence-electron chi connectivity index (χ2n) is 6.04. The van der Waals surface area contributed by atoms with Crippen LogP contribution in [0.1, 0.15) is 37.5 Å². The molecule has 0 radical (unpaired) electrons. The zero-order valence-corrected chi connectivity index (χ0v) is 13.0. The van der Waals surface area contributed by atoms with Gasteiger partial charge in [-0.3, -0.25) is 14.6 Å². The van der Waals surface area contributed by atoms with Crippen LogP contribution >= 0.6 is 0 Å². The Hall–Kier alpha value is -2.77. The van der Waals surface area contributed by atoms with Gasteiger partial charge in [0.15, 0.2) is 0 Å². The molecule has 1 aromatic carbocycles. The number of carbonyl (C=O) groups excluding carboxylic acids is 2. The van der Waals surface area contributed by atoms with Crippen LogP contribution in [-0.2, 0) is 11.3 Å². The van der Waals surface area contributed by atoms with Gasteiger partial charge in [-0.25, -0.2) is 9.18 Å². The Morgan fingerprint density at radius 1 is 1.21 bits per heavy atom. The van der Waals surface area contributed by atoms with Crippen molar-refractivity contribution in [1.29, 1.82) is 0 Å². The van der Waals surface area contributed by atoms with Crippen LogP contribution < -0.4 is 4.90 Å². The van der Waals surface area contributed by atoms with Gasteiger partial charge in [0.2, 0.25) is 11.8 Å². The largest absolute Gasteiger partial charge is 0.423 e. The van der Waals surface area contributed by atoms with Crippen molar-refractivity contribution in [3.05, 3.63) is 41.9 Å². The number of aromatic nitrogens is 2. The van der Waals surface area contributed by atoms with Crippen LogP contribution in [0.15, 0.2) is 28.7 Å². The molecular weight excluding hydrogens is 315 g/mol. The zero-order valence-electron chi connectivity index (χ0n) is 13.0. The molecule has 1 aliphatic carbocycles. The molecule has 7 nitrogen and oxygen atoms in total. The van der Waals surface area contributed by atoms with Gasteiger partial charge in [0.05, 0.1) is 0 Å². The maximum absolute atomic E-state index is 13.1. The molecule has 1 saturated carbocycles. The molecule has 2 fully saturated rings. The quantitative estimate of drug-likeness (QED) is 0.805. The highest BCUT2D eigenvalue weighted by Gasteiger charge is 2.44. The highest BCUT2D eigenvalue weighted by atomic mass is 19.1.